The van der Waals surface area contributed by atoms with Crippen molar-refractivity contribution >= 4 is 5.69 Å². The van der Waals surface area contributed by atoms with Crippen molar-refractivity contribution < 1.29 is 4.92 Å². The van der Waals surface area contributed by atoms with Crippen LogP contribution in [0.25, 0.3) is 0 Å². The van der Waals surface area contributed by atoms with Crippen molar-refractivity contribution in [2.45, 2.75) is 38.5 Å². The lowest BCUT2D eigenvalue weighted by molar-refractivity contribution is -0.385. The summed E-state index contributed by atoms with van der Waals surface area (Å²) in [6.45, 7) is 0. The number of nitro benzene ring substituents is 1. The van der Waals surface area contributed by atoms with E-state index in [0.29, 0.717) is 11.6 Å². The molecule has 96 valence electrons. The molecule has 2 unspecified atom stereocenters. The lowest BCUT2D eigenvalue weighted by Crippen LogP contribution is -2.18. The third kappa shape index (κ3) is 2.26. The van der Waals surface area contributed by atoms with Gasteiger partial charge in [0.25, 0.3) is 5.69 Å². The average Bonchev–Trinajstić information content (AvgIpc) is 2.69. The number of hydrogen-bond donors (Lipinski definition) is 0. The third-order valence-electron chi connectivity index (χ3n) is 4.68. The van der Waals surface area contributed by atoms with Crippen LogP contribution in [0.15, 0.2) is 24.3 Å². The van der Waals surface area contributed by atoms with E-state index in [0.717, 1.165) is 23.8 Å². The van der Waals surface area contributed by atoms with Crippen molar-refractivity contribution in [3.8, 4) is 0 Å². The van der Waals surface area contributed by atoms with Gasteiger partial charge in [0, 0.05) is 11.6 Å². The fraction of sp³-hybridized carbons (Fsp3) is 0.600. The second kappa shape index (κ2) is 4.71. The van der Waals surface area contributed by atoms with Crippen LogP contribution in [-0.4, -0.2) is 4.92 Å². The first-order valence-electron chi connectivity index (χ1n) is 6.94. The molecule has 1 aromatic carbocycles. The van der Waals surface area contributed by atoms with Gasteiger partial charge in [-0.3, -0.25) is 10.1 Å². The largest absolute Gasteiger partial charge is 0.272 e. The van der Waals surface area contributed by atoms with Crippen molar-refractivity contribution in [1.29, 1.82) is 0 Å². The Bertz CT molecular complexity index is 446. The normalized spacial score (nSPS) is 30.3. The van der Waals surface area contributed by atoms with Crippen LogP contribution in [0.1, 0.15) is 37.7 Å². The summed E-state index contributed by atoms with van der Waals surface area (Å²) in [5, 5.41) is 11.0. The maximum absolute atomic E-state index is 11.0. The van der Waals surface area contributed by atoms with Gasteiger partial charge >= 0.3 is 0 Å². The lowest BCUT2D eigenvalue weighted by Gasteiger charge is -2.27. The standard InChI is InChI=1S/C15H19NO2/c17-16(18)15-4-2-1-3-14(15)10-13-8-11-5-6-12(7-11)9-13/h1-4,11-13H,5-10H2. The summed E-state index contributed by atoms with van der Waals surface area (Å²) in [7, 11) is 0. The highest BCUT2D eigenvalue weighted by Gasteiger charge is 2.34. The molecular weight excluding hydrogens is 226 g/mol. The van der Waals surface area contributed by atoms with Gasteiger partial charge in [0.1, 0.15) is 0 Å². The van der Waals surface area contributed by atoms with Gasteiger partial charge in [0.05, 0.1) is 4.92 Å². The summed E-state index contributed by atoms with van der Waals surface area (Å²) < 4.78 is 0. The molecule has 0 saturated heterocycles. The van der Waals surface area contributed by atoms with Gasteiger partial charge in [-0.15, -0.1) is 0 Å². The molecule has 2 fully saturated rings. The molecule has 3 heteroatoms. The predicted octanol–water partition coefficient (Wildman–Crippen LogP) is 3.96. The van der Waals surface area contributed by atoms with Crippen LogP contribution in [-0.2, 0) is 6.42 Å². The highest BCUT2D eigenvalue weighted by atomic mass is 16.6. The fourth-order valence-corrected chi connectivity index (χ4v) is 3.98. The average molecular weight is 245 g/mol. The molecule has 18 heavy (non-hydrogen) atoms. The van der Waals surface area contributed by atoms with E-state index in [1.807, 2.05) is 12.1 Å². The molecule has 0 spiro atoms. The lowest BCUT2D eigenvalue weighted by atomic mass is 9.78. The van der Waals surface area contributed by atoms with Gasteiger partial charge in [0.15, 0.2) is 0 Å². The van der Waals surface area contributed by atoms with Crippen molar-refractivity contribution in [3.63, 3.8) is 0 Å². The topological polar surface area (TPSA) is 43.1 Å². The van der Waals surface area contributed by atoms with E-state index in [1.54, 1.807) is 12.1 Å². The molecule has 3 nitrogen and oxygen atoms in total. The fourth-order valence-electron chi connectivity index (χ4n) is 3.98. The molecule has 2 aliphatic rings. The molecule has 2 bridgehead atoms. The van der Waals surface area contributed by atoms with Gasteiger partial charge in [-0.1, -0.05) is 31.0 Å². The number of rotatable bonds is 3. The number of benzene rings is 1. The molecule has 0 aliphatic heterocycles. The Morgan fingerprint density at radius 1 is 1.11 bits per heavy atom. The Morgan fingerprint density at radius 3 is 2.44 bits per heavy atom. The van der Waals surface area contributed by atoms with E-state index < -0.39 is 0 Å². The van der Waals surface area contributed by atoms with Crippen LogP contribution in [0, 0.1) is 27.9 Å². The van der Waals surface area contributed by atoms with E-state index >= 15 is 0 Å². The third-order valence-corrected chi connectivity index (χ3v) is 4.68. The first-order valence-corrected chi connectivity index (χ1v) is 6.94. The summed E-state index contributed by atoms with van der Waals surface area (Å²) >= 11 is 0. The van der Waals surface area contributed by atoms with Crippen molar-refractivity contribution in [2.24, 2.45) is 17.8 Å². The summed E-state index contributed by atoms with van der Waals surface area (Å²) in [6.07, 6.45) is 7.64. The van der Waals surface area contributed by atoms with E-state index in [-0.39, 0.29) is 4.92 Å². The van der Waals surface area contributed by atoms with Crippen LogP contribution < -0.4 is 0 Å². The molecule has 0 N–H and O–H groups in total. The first kappa shape index (κ1) is 11.7. The summed E-state index contributed by atoms with van der Waals surface area (Å²) in [5.41, 5.74) is 1.23. The molecular formula is C15H19NO2. The minimum atomic E-state index is -0.243. The van der Waals surface area contributed by atoms with Gasteiger partial charge in [-0.2, -0.15) is 0 Å². The molecule has 3 rings (SSSR count). The maximum Gasteiger partial charge on any atom is 0.272 e. The summed E-state index contributed by atoms with van der Waals surface area (Å²) in [6, 6.07) is 7.23. The molecule has 2 atom stereocenters. The van der Waals surface area contributed by atoms with Crippen LogP contribution in [0.2, 0.25) is 0 Å². The molecule has 0 aromatic heterocycles. The zero-order valence-corrected chi connectivity index (χ0v) is 10.5. The SMILES string of the molecule is O=[N+]([O-])c1ccccc1CC1CC2CCC(C2)C1. The van der Waals surface area contributed by atoms with Crippen LogP contribution in [0.4, 0.5) is 5.69 Å². The van der Waals surface area contributed by atoms with Crippen molar-refractivity contribution in [1.82, 2.24) is 0 Å². The molecule has 0 heterocycles. The Balaban J connectivity index is 1.75. The zero-order valence-electron chi connectivity index (χ0n) is 10.5. The second-order valence-electron chi connectivity index (χ2n) is 5.97. The van der Waals surface area contributed by atoms with E-state index in [1.165, 1.54) is 32.1 Å². The molecule has 2 aliphatic carbocycles. The van der Waals surface area contributed by atoms with Crippen LogP contribution in [0.5, 0.6) is 0 Å². The van der Waals surface area contributed by atoms with Gasteiger partial charge < -0.3 is 0 Å². The monoisotopic (exact) mass is 245 g/mol. The highest BCUT2D eigenvalue weighted by molar-refractivity contribution is 5.40. The Morgan fingerprint density at radius 2 is 1.78 bits per heavy atom. The number of para-hydroxylation sites is 1. The Labute approximate surface area is 107 Å². The van der Waals surface area contributed by atoms with Crippen LogP contribution >= 0.6 is 0 Å². The summed E-state index contributed by atoms with van der Waals surface area (Å²) in [4.78, 5) is 10.8. The van der Waals surface area contributed by atoms with E-state index in [9.17, 15) is 10.1 Å². The summed E-state index contributed by atoms with van der Waals surface area (Å²) in [5.74, 6) is 2.46. The van der Waals surface area contributed by atoms with E-state index in [4.69, 9.17) is 0 Å². The number of nitrogens with zero attached hydrogens (tertiary/aromatic N) is 1. The molecule has 2 saturated carbocycles. The zero-order chi connectivity index (χ0) is 12.5. The molecule has 0 radical (unpaired) electrons. The van der Waals surface area contributed by atoms with Crippen LogP contribution in [0.3, 0.4) is 0 Å². The molecule has 1 aromatic rings. The van der Waals surface area contributed by atoms with E-state index in [2.05, 4.69) is 0 Å². The molecule has 0 amide bonds. The predicted molar refractivity (Wildman–Crippen MR) is 70.4 cm³/mol. The smallest absolute Gasteiger partial charge is 0.258 e. The second-order valence-corrected chi connectivity index (χ2v) is 5.97. The number of fused-ring (bicyclic) bond motifs is 2. The van der Waals surface area contributed by atoms with Crippen molar-refractivity contribution in [2.75, 3.05) is 0 Å². The number of nitro groups is 1. The van der Waals surface area contributed by atoms with Crippen molar-refractivity contribution in [3.05, 3.63) is 39.9 Å². The minimum Gasteiger partial charge on any atom is -0.258 e. The van der Waals surface area contributed by atoms with Gasteiger partial charge in [-0.25, -0.2) is 0 Å². The minimum absolute atomic E-state index is 0.243. The van der Waals surface area contributed by atoms with Gasteiger partial charge in [0.2, 0.25) is 0 Å². The first-order chi connectivity index (χ1) is 8.72. The maximum atomic E-state index is 11.0. The number of hydrogen-bond acceptors (Lipinski definition) is 2. The van der Waals surface area contributed by atoms with Gasteiger partial charge in [-0.05, 0) is 43.4 Å². The Kier molecular flexibility index (Phi) is 3.06. The highest BCUT2D eigenvalue weighted by Crippen LogP contribution is 2.45. The quantitative estimate of drug-likeness (QED) is 0.597. The Hall–Kier alpha value is -1.38.